The fraction of sp³-hybridized carbons (Fsp3) is 0.400. The van der Waals surface area contributed by atoms with Crippen LogP contribution in [0, 0.1) is 0 Å². The van der Waals surface area contributed by atoms with Gasteiger partial charge in [0.2, 0.25) is 0 Å². The molecule has 2 atom stereocenters. The Morgan fingerprint density at radius 1 is 1.20 bits per heavy atom. The van der Waals surface area contributed by atoms with E-state index in [0.717, 1.165) is 12.6 Å². The normalized spacial score (nSPS) is 19.7. The average molecular weight is 489 g/mol. The van der Waals surface area contributed by atoms with Gasteiger partial charge in [0, 0.05) is 30.9 Å². The zero-order valence-electron chi connectivity index (χ0n) is 19.3. The van der Waals surface area contributed by atoms with Gasteiger partial charge < -0.3 is 15.0 Å². The van der Waals surface area contributed by atoms with Gasteiger partial charge in [0.1, 0.15) is 5.75 Å². The summed E-state index contributed by atoms with van der Waals surface area (Å²) in [5, 5.41) is 6.27. The highest BCUT2D eigenvalue weighted by Gasteiger charge is 2.40. The molecule has 1 N–H and O–H groups in total. The quantitative estimate of drug-likeness (QED) is 0.627. The van der Waals surface area contributed by atoms with E-state index in [9.17, 15) is 22.8 Å². The zero-order valence-corrected chi connectivity index (χ0v) is 19.3. The Kier molecular flexibility index (Phi) is 7.28. The molecule has 0 radical (unpaired) electrons. The van der Waals surface area contributed by atoms with E-state index in [4.69, 9.17) is 4.74 Å². The van der Waals surface area contributed by atoms with Gasteiger partial charge in [-0.05, 0) is 50.5 Å². The summed E-state index contributed by atoms with van der Waals surface area (Å²) in [5.41, 5.74) is -1.25. The first kappa shape index (κ1) is 24.6. The van der Waals surface area contributed by atoms with Crippen LogP contribution in [0.15, 0.2) is 54.8 Å². The highest BCUT2D eigenvalue weighted by atomic mass is 19.4. The van der Waals surface area contributed by atoms with E-state index in [-0.39, 0.29) is 24.5 Å². The molecule has 0 saturated carbocycles. The van der Waals surface area contributed by atoms with Crippen molar-refractivity contribution < 1.29 is 27.5 Å². The Balaban J connectivity index is 1.44. The molecule has 0 spiro atoms. The van der Waals surface area contributed by atoms with Crippen LogP contribution in [-0.4, -0.2) is 52.2 Å². The second kappa shape index (κ2) is 10.4. The predicted molar refractivity (Wildman–Crippen MR) is 123 cm³/mol. The predicted octanol–water partition coefficient (Wildman–Crippen LogP) is 4.39. The largest absolute Gasteiger partial charge is 0.494 e. The molecule has 2 aromatic rings. The van der Waals surface area contributed by atoms with Gasteiger partial charge in [-0.2, -0.15) is 18.3 Å². The molecule has 1 aromatic carbocycles. The standard InChI is InChI=1S/C25H27F3N4O3/c1-2-35-20-12-10-17(11-13-20)24(34)31-14-6-9-19(31)15-29-23(33)21-16-32(18-7-4-3-5-8-18)30-22(21)25(26,27)28/h3-5,7,10-13,16,18-19H,2,6,8-9,14-15H2,1H3,(H,29,33). The number of amides is 2. The number of carbonyl (C=O) groups excluding carboxylic acids is 2. The minimum Gasteiger partial charge on any atom is -0.494 e. The molecule has 10 heteroatoms. The molecule has 1 saturated heterocycles. The van der Waals surface area contributed by atoms with Gasteiger partial charge in [0.15, 0.2) is 5.69 Å². The fourth-order valence-electron chi connectivity index (χ4n) is 4.35. The SMILES string of the molecule is CCOc1ccc(C(=O)N2CCCC2CNC(=O)c2cn(C3C=CC=CC3)nc2C(F)(F)F)cc1. The lowest BCUT2D eigenvalue weighted by Gasteiger charge is -2.25. The zero-order chi connectivity index (χ0) is 25.0. The molecule has 1 aliphatic heterocycles. The minimum absolute atomic E-state index is 0.0517. The maximum atomic E-state index is 13.6. The van der Waals surface area contributed by atoms with Gasteiger partial charge in [-0.15, -0.1) is 0 Å². The summed E-state index contributed by atoms with van der Waals surface area (Å²) in [5.74, 6) is -0.389. The highest BCUT2D eigenvalue weighted by Crippen LogP contribution is 2.32. The van der Waals surface area contributed by atoms with Crippen LogP contribution >= 0.6 is 0 Å². The van der Waals surface area contributed by atoms with E-state index in [1.165, 1.54) is 4.68 Å². The Hall–Kier alpha value is -3.56. The van der Waals surface area contributed by atoms with Crippen LogP contribution in [0.5, 0.6) is 5.75 Å². The summed E-state index contributed by atoms with van der Waals surface area (Å²) in [6, 6.07) is 6.10. The Morgan fingerprint density at radius 3 is 2.63 bits per heavy atom. The van der Waals surface area contributed by atoms with Crippen LogP contribution in [0.1, 0.15) is 58.6 Å². The first-order valence-electron chi connectivity index (χ1n) is 11.6. The summed E-state index contributed by atoms with van der Waals surface area (Å²) >= 11 is 0. The molecule has 0 bridgehead atoms. The molecule has 1 aliphatic carbocycles. The van der Waals surface area contributed by atoms with Crippen molar-refractivity contribution in [3.05, 3.63) is 71.6 Å². The number of likely N-dealkylation sites (tertiary alicyclic amines) is 1. The van der Waals surface area contributed by atoms with E-state index in [2.05, 4.69) is 10.4 Å². The van der Waals surface area contributed by atoms with Crippen molar-refractivity contribution in [2.45, 2.75) is 44.4 Å². The molecule has 2 heterocycles. The number of benzene rings is 1. The molecule has 35 heavy (non-hydrogen) atoms. The number of alkyl halides is 3. The van der Waals surface area contributed by atoms with Crippen molar-refractivity contribution >= 4 is 11.8 Å². The third-order valence-corrected chi connectivity index (χ3v) is 6.09. The van der Waals surface area contributed by atoms with Gasteiger partial charge in [-0.25, -0.2) is 0 Å². The number of carbonyl (C=O) groups is 2. The molecule has 2 amide bonds. The topological polar surface area (TPSA) is 76.5 Å². The van der Waals surface area contributed by atoms with Gasteiger partial charge in [0.05, 0.1) is 18.2 Å². The second-order valence-corrected chi connectivity index (χ2v) is 8.45. The van der Waals surface area contributed by atoms with E-state index in [0.29, 0.717) is 37.3 Å². The average Bonchev–Trinajstić information content (AvgIpc) is 3.51. The molecular weight excluding hydrogens is 461 g/mol. The van der Waals surface area contributed by atoms with Crippen LogP contribution in [0.4, 0.5) is 13.2 Å². The third kappa shape index (κ3) is 5.58. The molecule has 2 aliphatic rings. The van der Waals surface area contributed by atoms with Crippen molar-refractivity contribution in [3.8, 4) is 5.75 Å². The maximum absolute atomic E-state index is 13.6. The smallest absolute Gasteiger partial charge is 0.435 e. The van der Waals surface area contributed by atoms with Crippen LogP contribution < -0.4 is 10.1 Å². The van der Waals surface area contributed by atoms with Crippen molar-refractivity contribution in [1.82, 2.24) is 20.0 Å². The third-order valence-electron chi connectivity index (χ3n) is 6.09. The van der Waals surface area contributed by atoms with Crippen LogP contribution in [-0.2, 0) is 6.18 Å². The summed E-state index contributed by atoms with van der Waals surface area (Å²) in [6.07, 6.45) is 5.36. The first-order chi connectivity index (χ1) is 16.8. The van der Waals surface area contributed by atoms with Crippen molar-refractivity contribution in [2.24, 2.45) is 0 Å². The van der Waals surface area contributed by atoms with Crippen molar-refractivity contribution in [2.75, 3.05) is 19.7 Å². The monoisotopic (exact) mass is 488 g/mol. The molecular formula is C25H27F3N4O3. The molecule has 2 unspecified atom stereocenters. The van der Waals surface area contributed by atoms with Gasteiger partial charge in [-0.1, -0.05) is 24.3 Å². The number of allylic oxidation sites excluding steroid dienone is 4. The number of nitrogens with one attached hydrogen (secondary N) is 1. The molecule has 1 aromatic heterocycles. The number of hydrogen-bond donors (Lipinski definition) is 1. The van der Waals surface area contributed by atoms with Gasteiger partial charge >= 0.3 is 6.18 Å². The number of rotatable bonds is 7. The fourth-order valence-corrected chi connectivity index (χ4v) is 4.35. The number of hydrogen-bond acceptors (Lipinski definition) is 4. The second-order valence-electron chi connectivity index (χ2n) is 8.45. The van der Waals surface area contributed by atoms with E-state index < -0.39 is 23.3 Å². The summed E-state index contributed by atoms with van der Waals surface area (Å²) in [4.78, 5) is 27.5. The lowest BCUT2D eigenvalue weighted by Crippen LogP contribution is -2.43. The Morgan fingerprint density at radius 2 is 1.97 bits per heavy atom. The summed E-state index contributed by atoms with van der Waals surface area (Å²) < 4.78 is 47.4. The molecule has 1 fully saturated rings. The highest BCUT2D eigenvalue weighted by molar-refractivity contribution is 5.96. The Bertz CT molecular complexity index is 1120. The number of ether oxygens (including phenoxy) is 1. The van der Waals surface area contributed by atoms with Crippen molar-refractivity contribution in [3.63, 3.8) is 0 Å². The summed E-state index contributed by atoms with van der Waals surface area (Å²) in [6.45, 7) is 2.95. The minimum atomic E-state index is -4.77. The van der Waals surface area contributed by atoms with Crippen molar-refractivity contribution in [1.29, 1.82) is 0 Å². The number of nitrogens with zero attached hydrogens (tertiary/aromatic N) is 3. The van der Waals surface area contributed by atoms with E-state index >= 15 is 0 Å². The lowest BCUT2D eigenvalue weighted by molar-refractivity contribution is -0.141. The van der Waals surface area contributed by atoms with Crippen LogP contribution in [0.2, 0.25) is 0 Å². The molecule has 4 rings (SSSR count). The maximum Gasteiger partial charge on any atom is 0.435 e. The van der Waals surface area contributed by atoms with Crippen LogP contribution in [0.25, 0.3) is 0 Å². The first-order valence-corrected chi connectivity index (χ1v) is 11.6. The number of halogens is 3. The van der Waals surface area contributed by atoms with Crippen LogP contribution in [0.3, 0.4) is 0 Å². The molecule has 186 valence electrons. The van der Waals surface area contributed by atoms with Gasteiger partial charge in [-0.3, -0.25) is 14.3 Å². The summed E-state index contributed by atoms with van der Waals surface area (Å²) in [7, 11) is 0. The number of aromatic nitrogens is 2. The Labute approximate surface area is 201 Å². The van der Waals surface area contributed by atoms with E-state index in [1.807, 2.05) is 13.0 Å². The molecule has 7 nitrogen and oxygen atoms in total. The lowest BCUT2D eigenvalue weighted by atomic mass is 10.1. The van der Waals surface area contributed by atoms with E-state index in [1.54, 1.807) is 47.4 Å². The van der Waals surface area contributed by atoms with Gasteiger partial charge in [0.25, 0.3) is 11.8 Å².